The molecule has 0 aliphatic carbocycles. The molecule has 31 heavy (non-hydrogen) atoms. The molecule has 3 aromatic heterocycles. The van der Waals surface area contributed by atoms with Crippen molar-refractivity contribution in [3.05, 3.63) is 67.5 Å². The van der Waals surface area contributed by atoms with Crippen LogP contribution in [-0.2, 0) is 29.1 Å². The maximum atomic E-state index is 13.2. The Balaban J connectivity index is 1.69. The van der Waals surface area contributed by atoms with Crippen molar-refractivity contribution in [2.24, 2.45) is 0 Å². The Hall–Kier alpha value is -3.10. The fraction of sp³-hybridized carbons (Fsp3) is 0.217. The number of aromatic nitrogens is 3. The topological polar surface area (TPSA) is 94.3 Å². The highest BCUT2D eigenvalue weighted by atomic mass is 79.9. The minimum absolute atomic E-state index is 0.124. The van der Waals surface area contributed by atoms with Crippen molar-refractivity contribution in [1.29, 1.82) is 0 Å². The van der Waals surface area contributed by atoms with Gasteiger partial charge in [-0.1, -0.05) is 6.92 Å². The molecule has 0 spiro atoms. The first kappa shape index (κ1) is 18.7. The number of aliphatic hydroxyl groups excluding tert-OH is 1. The summed E-state index contributed by atoms with van der Waals surface area (Å²) in [6.07, 6.45) is 1.08. The predicted molar refractivity (Wildman–Crippen MR) is 118 cm³/mol. The van der Waals surface area contributed by atoms with Crippen molar-refractivity contribution >= 4 is 43.7 Å². The molecule has 1 unspecified atom stereocenters. The van der Waals surface area contributed by atoms with Crippen LogP contribution in [0.4, 0.5) is 0 Å². The van der Waals surface area contributed by atoms with Gasteiger partial charge in [0.05, 0.1) is 34.5 Å². The Morgan fingerprint density at radius 2 is 2.03 bits per heavy atom. The van der Waals surface area contributed by atoms with Gasteiger partial charge in [-0.2, -0.15) is 0 Å². The molecule has 0 bridgehead atoms. The van der Waals surface area contributed by atoms with Crippen LogP contribution in [-0.4, -0.2) is 25.6 Å². The lowest BCUT2D eigenvalue weighted by Gasteiger charge is -2.21. The number of rotatable bonds is 1. The van der Waals surface area contributed by atoms with Crippen LogP contribution in [0.2, 0.25) is 0 Å². The number of pyridine rings is 3. The lowest BCUT2D eigenvalue weighted by Crippen LogP contribution is -2.32. The number of aliphatic hydroxyl groups is 1. The van der Waals surface area contributed by atoms with E-state index in [1.807, 2.05) is 18.2 Å². The van der Waals surface area contributed by atoms with Crippen LogP contribution in [0, 0.1) is 0 Å². The average Bonchev–Trinajstić information content (AvgIpc) is 3.13. The van der Waals surface area contributed by atoms with Gasteiger partial charge in [0.25, 0.3) is 5.56 Å². The number of hydrogen-bond acceptors (Lipinski definition) is 6. The number of benzene rings is 1. The number of fused-ring (bicyclic) bond motifs is 7. The smallest absolute Gasteiger partial charge is 0.340 e. The molecule has 0 fully saturated rings. The first-order valence-electron chi connectivity index (χ1n) is 9.99. The molecule has 0 amide bonds. The molecule has 2 aliphatic heterocycles. The summed E-state index contributed by atoms with van der Waals surface area (Å²) < 4.78 is 7.53. The van der Waals surface area contributed by atoms with Crippen LogP contribution in [0.5, 0.6) is 0 Å². The molecule has 8 heteroatoms. The zero-order chi connectivity index (χ0) is 21.4. The molecule has 6 rings (SSSR count). The summed E-state index contributed by atoms with van der Waals surface area (Å²) in [5, 5.41) is 12.3. The number of carbonyl (C=O) groups is 1. The molecular weight excluding hydrogens is 462 g/mol. The number of halogens is 1. The van der Waals surface area contributed by atoms with Crippen molar-refractivity contribution in [3.63, 3.8) is 0 Å². The summed E-state index contributed by atoms with van der Waals surface area (Å²) in [6, 6.07) is 7.65. The van der Waals surface area contributed by atoms with Gasteiger partial charge in [-0.25, -0.2) is 9.78 Å². The highest BCUT2D eigenvalue weighted by molar-refractivity contribution is 9.10. The molecule has 7 nitrogen and oxygen atoms in total. The fourth-order valence-electron chi connectivity index (χ4n) is 4.78. The second-order valence-electron chi connectivity index (χ2n) is 7.82. The highest BCUT2D eigenvalue weighted by Crippen LogP contribution is 2.40. The molecule has 0 saturated heterocycles. The number of aryl methyl sites for hydroxylation is 1. The minimum Gasteiger partial charge on any atom is -0.458 e. The van der Waals surface area contributed by atoms with E-state index in [0.29, 0.717) is 23.4 Å². The van der Waals surface area contributed by atoms with Gasteiger partial charge in [-0.15, -0.1) is 0 Å². The van der Waals surface area contributed by atoms with E-state index in [9.17, 15) is 14.7 Å². The maximum Gasteiger partial charge on any atom is 0.340 e. The van der Waals surface area contributed by atoms with E-state index < -0.39 is 12.1 Å². The van der Waals surface area contributed by atoms with Crippen molar-refractivity contribution in [2.75, 3.05) is 0 Å². The molecule has 2 aliphatic rings. The number of hydrogen-bond donors (Lipinski definition) is 1. The van der Waals surface area contributed by atoms with E-state index in [1.165, 1.54) is 0 Å². The second-order valence-corrected chi connectivity index (χ2v) is 8.73. The number of esters is 1. The monoisotopic (exact) mass is 477 g/mol. The Morgan fingerprint density at radius 1 is 1.23 bits per heavy atom. The summed E-state index contributed by atoms with van der Waals surface area (Å²) in [7, 11) is 0. The van der Waals surface area contributed by atoms with Gasteiger partial charge in [-0.05, 0) is 52.2 Å². The lowest BCUT2D eigenvalue weighted by molar-refractivity contribution is -0.157. The molecule has 5 heterocycles. The van der Waals surface area contributed by atoms with Crippen LogP contribution in [0.15, 0.2) is 39.7 Å². The van der Waals surface area contributed by atoms with E-state index in [0.717, 1.165) is 49.5 Å². The van der Waals surface area contributed by atoms with Crippen molar-refractivity contribution in [3.8, 4) is 11.4 Å². The maximum absolute atomic E-state index is 13.2. The summed E-state index contributed by atoms with van der Waals surface area (Å²) in [6.45, 7) is 2.36. The van der Waals surface area contributed by atoms with E-state index in [2.05, 4.69) is 27.8 Å². The average molecular weight is 478 g/mol. The quantitative estimate of drug-likeness (QED) is 0.293. The molecule has 1 N–H and O–H groups in total. The van der Waals surface area contributed by atoms with E-state index in [-0.39, 0.29) is 12.2 Å². The Bertz CT molecular complexity index is 1530. The number of nitrogens with zero attached hydrogens (tertiary/aromatic N) is 3. The zero-order valence-electron chi connectivity index (χ0n) is 16.5. The lowest BCUT2D eigenvalue weighted by atomic mass is 9.95. The predicted octanol–water partition coefficient (Wildman–Crippen LogP) is 3.39. The standard InChI is InChI=1S/C23H16BrN3O4/c1-2-11-14-8-27-18(6-12-15(22(27)29)9-31-23(30)21(12)28)20(14)26-17-4-3-16-13(19(11)17)5-10(24)7-25-16/h3-7,21,28H,2,8-9H2,1H3. The van der Waals surface area contributed by atoms with Gasteiger partial charge in [0.15, 0.2) is 6.10 Å². The summed E-state index contributed by atoms with van der Waals surface area (Å²) in [5.74, 6) is -0.736. The molecule has 1 aromatic carbocycles. The van der Waals surface area contributed by atoms with Crippen molar-refractivity contribution in [1.82, 2.24) is 14.5 Å². The molecule has 154 valence electrons. The second kappa shape index (κ2) is 6.45. The fourth-order valence-corrected chi connectivity index (χ4v) is 5.12. The normalized spacial score (nSPS) is 16.9. The molecule has 1 atom stereocenters. The van der Waals surface area contributed by atoms with Crippen LogP contribution < -0.4 is 5.56 Å². The van der Waals surface area contributed by atoms with Crippen molar-refractivity contribution < 1.29 is 14.6 Å². The van der Waals surface area contributed by atoms with E-state index in [4.69, 9.17) is 9.72 Å². The van der Waals surface area contributed by atoms with Crippen LogP contribution >= 0.6 is 15.9 Å². The summed E-state index contributed by atoms with van der Waals surface area (Å²) in [5.41, 5.74) is 5.54. The third kappa shape index (κ3) is 2.49. The van der Waals surface area contributed by atoms with Crippen molar-refractivity contribution in [2.45, 2.75) is 32.6 Å². The van der Waals surface area contributed by atoms with Gasteiger partial charge < -0.3 is 14.4 Å². The molecule has 0 saturated carbocycles. The zero-order valence-corrected chi connectivity index (χ0v) is 18.1. The first-order valence-corrected chi connectivity index (χ1v) is 10.8. The molecule has 0 radical (unpaired) electrons. The largest absolute Gasteiger partial charge is 0.458 e. The summed E-state index contributed by atoms with van der Waals surface area (Å²) in [4.78, 5) is 34.5. The van der Waals surface area contributed by atoms with E-state index in [1.54, 1.807) is 16.8 Å². The number of cyclic esters (lactones) is 1. The Labute approximate surface area is 184 Å². The Morgan fingerprint density at radius 3 is 2.84 bits per heavy atom. The van der Waals surface area contributed by atoms with E-state index >= 15 is 0 Å². The van der Waals surface area contributed by atoms with Gasteiger partial charge in [0, 0.05) is 32.6 Å². The third-order valence-corrected chi connectivity index (χ3v) is 6.65. The van der Waals surface area contributed by atoms with Crippen LogP contribution in [0.25, 0.3) is 33.2 Å². The molecule has 4 aromatic rings. The van der Waals surface area contributed by atoms with Gasteiger partial charge in [0.1, 0.15) is 6.61 Å². The Kier molecular flexibility index (Phi) is 3.88. The number of carbonyl (C=O) groups excluding carboxylic acids is 1. The summed E-state index contributed by atoms with van der Waals surface area (Å²) >= 11 is 3.52. The molecular formula is C23H16BrN3O4. The van der Waals surface area contributed by atoms with Gasteiger partial charge in [0.2, 0.25) is 0 Å². The van der Waals surface area contributed by atoms with Crippen LogP contribution in [0.1, 0.15) is 35.3 Å². The minimum atomic E-state index is -1.45. The highest BCUT2D eigenvalue weighted by Gasteiger charge is 2.34. The first-order chi connectivity index (χ1) is 15.0. The van der Waals surface area contributed by atoms with Gasteiger partial charge >= 0.3 is 5.97 Å². The number of ether oxygens (including phenoxy) is 1. The third-order valence-electron chi connectivity index (χ3n) is 6.22. The SMILES string of the molecule is CCc1c2c(nc3ccc4ncc(Br)cc4c13)-c1cc3c(c(=O)n1C2)COC(=O)C3O. The van der Waals surface area contributed by atoms with Gasteiger partial charge in [-0.3, -0.25) is 9.78 Å². The van der Waals surface area contributed by atoms with Crippen LogP contribution in [0.3, 0.4) is 0 Å².